The van der Waals surface area contributed by atoms with Crippen molar-refractivity contribution in [1.82, 2.24) is 9.88 Å². The summed E-state index contributed by atoms with van der Waals surface area (Å²) in [6, 6.07) is 19.7. The topological polar surface area (TPSA) is 112 Å². The molecule has 3 aromatic carbocycles. The van der Waals surface area contributed by atoms with E-state index in [1.807, 2.05) is 30.3 Å². The fourth-order valence-electron chi connectivity index (χ4n) is 5.21. The van der Waals surface area contributed by atoms with Gasteiger partial charge < -0.3 is 14.8 Å². The minimum Gasteiger partial charge on any atom is -0.467 e. The molecule has 8 heteroatoms. The van der Waals surface area contributed by atoms with Crippen molar-refractivity contribution in [1.29, 1.82) is 0 Å². The molecule has 0 saturated carbocycles. The zero-order valence-electron chi connectivity index (χ0n) is 19.3. The van der Waals surface area contributed by atoms with Crippen molar-refractivity contribution in [2.45, 2.75) is 18.1 Å². The number of hydrogen-bond donors (Lipinski definition) is 2. The van der Waals surface area contributed by atoms with E-state index in [9.17, 15) is 19.5 Å². The predicted molar refractivity (Wildman–Crippen MR) is 132 cm³/mol. The summed E-state index contributed by atoms with van der Waals surface area (Å²) in [7, 11) is 1.19. The maximum Gasteiger partial charge on any atom is 0.329 e. The van der Waals surface area contributed by atoms with Crippen LogP contribution >= 0.6 is 0 Å². The number of rotatable bonds is 5. The number of H-pyrrole nitrogens is 1. The molecule has 0 unspecified atom stereocenters. The first-order valence-corrected chi connectivity index (χ1v) is 11.5. The number of nitrogens with one attached hydrogen (secondary N) is 1. The van der Waals surface area contributed by atoms with Crippen LogP contribution in [0.2, 0.25) is 0 Å². The standard InChI is InChI=1S/C28H21N3O5/c1-36-27(34)23(31-25(32)17-9-2-3-10-18(17)26(31)33)14-28(35)20-11-5-7-13-22(20)30-24(28)19-15-29-21-12-6-4-8-16(19)21/h2-13,15,23,29,35H,14H2,1H3/t23-,28+/m0/s1. The number of aliphatic hydroxyl groups is 1. The zero-order valence-corrected chi connectivity index (χ0v) is 19.3. The SMILES string of the molecule is COC(=O)[C@H](C[C@]1(O)C(c2c[nH]c3ccccc23)=Nc2ccccc21)N1C(=O)c2ccccc2C1=O. The van der Waals surface area contributed by atoms with Crippen molar-refractivity contribution >= 4 is 40.1 Å². The van der Waals surface area contributed by atoms with Crippen LogP contribution in [0.4, 0.5) is 5.69 Å². The molecule has 0 bridgehead atoms. The molecule has 2 atom stereocenters. The second-order valence-electron chi connectivity index (χ2n) is 8.85. The second kappa shape index (κ2) is 8.00. The Morgan fingerprint density at radius 3 is 2.33 bits per heavy atom. The van der Waals surface area contributed by atoms with Gasteiger partial charge in [-0.05, 0) is 24.3 Å². The molecule has 2 amide bonds. The van der Waals surface area contributed by atoms with Gasteiger partial charge in [0, 0.05) is 34.6 Å². The molecular weight excluding hydrogens is 458 g/mol. The maximum atomic E-state index is 13.3. The molecule has 0 saturated heterocycles. The molecule has 0 aliphatic carbocycles. The maximum absolute atomic E-state index is 13.3. The average Bonchev–Trinajstić information content (AvgIpc) is 3.53. The molecule has 0 fully saturated rings. The number of methoxy groups -OCH3 is 1. The highest BCUT2D eigenvalue weighted by atomic mass is 16.5. The lowest BCUT2D eigenvalue weighted by Gasteiger charge is -2.33. The minimum absolute atomic E-state index is 0.209. The fraction of sp³-hybridized carbons (Fsp3) is 0.143. The number of hydrogen-bond acceptors (Lipinski definition) is 6. The normalized spacial score (nSPS) is 19.3. The Balaban J connectivity index is 1.48. The molecular formula is C28H21N3O5. The van der Waals surface area contributed by atoms with E-state index in [2.05, 4.69) is 4.98 Å². The number of carbonyl (C=O) groups is 3. The third-order valence-corrected chi connectivity index (χ3v) is 6.92. The molecule has 2 aliphatic rings. The highest BCUT2D eigenvalue weighted by molar-refractivity contribution is 6.23. The van der Waals surface area contributed by atoms with E-state index >= 15 is 0 Å². The molecule has 2 N–H and O–H groups in total. The van der Waals surface area contributed by atoms with Gasteiger partial charge in [0.15, 0.2) is 0 Å². The van der Waals surface area contributed by atoms with Crippen molar-refractivity contribution in [3.63, 3.8) is 0 Å². The van der Waals surface area contributed by atoms with E-state index in [-0.39, 0.29) is 17.5 Å². The molecule has 2 aliphatic heterocycles. The number of aliphatic imine (C=N–C) groups is 1. The monoisotopic (exact) mass is 479 g/mol. The van der Waals surface area contributed by atoms with Crippen molar-refractivity contribution in [2.75, 3.05) is 7.11 Å². The largest absolute Gasteiger partial charge is 0.467 e. The van der Waals surface area contributed by atoms with E-state index < -0.39 is 29.4 Å². The van der Waals surface area contributed by atoms with Gasteiger partial charge in [-0.25, -0.2) is 9.79 Å². The number of aromatic nitrogens is 1. The molecule has 0 spiro atoms. The van der Waals surface area contributed by atoms with Gasteiger partial charge in [0.1, 0.15) is 11.6 Å². The number of benzene rings is 3. The van der Waals surface area contributed by atoms with Gasteiger partial charge in [-0.3, -0.25) is 14.5 Å². The molecule has 4 aromatic rings. The Labute approximate surface area is 205 Å². The first-order valence-electron chi connectivity index (χ1n) is 11.5. The van der Waals surface area contributed by atoms with Gasteiger partial charge in [-0.1, -0.05) is 48.5 Å². The minimum atomic E-state index is -1.78. The van der Waals surface area contributed by atoms with Crippen LogP contribution in [-0.2, 0) is 15.1 Å². The van der Waals surface area contributed by atoms with Gasteiger partial charge in [-0.2, -0.15) is 0 Å². The third kappa shape index (κ3) is 3.04. The van der Waals surface area contributed by atoms with Gasteiger partial charge in [0.2, 0.25) is 0 Å². The Bertz CT molecular complexity index is 1570. The van der Waals surface area contributed by atoms with Crippen LogP contribution in [-0.4, -0.2) is 51.6 Å². The number of carbonyl (C=O) groups excluding carboxylic acids is 3. The van der Waals surface area contributed by atoms with Crippen LogP contribution in [0.3, 0.4) is 0 Å². The number of aromatic amines is 1. The summed E-state index contributed by atoms with van der Waals surface area (Å²) < 4.78 is 5.02. The lowest BCUT2D eigenvalue weighted by atomic mass is 9.81. The fourth-order valence-corrected chi connectivity index (χ4v) is 5.21. The van der Waals surface area contributed by atoms with Crippen LogP contribution in [0.5, 0.6) is 0 Å². The van der Waals surface area contributed by atoms with Gasteiger partial charge in [0.05, 0.1) is 29.6 Å². The summed E-state index contributed by atoms with van der Waals surface area (Å²) >= 11 is 0. The summed E-state index contributed by atoms with van der Waals surface area (Å²) in [6.07, 6.45) is 1.44. The van der Waals surface area contributed by atoms with Crippen LogP contribution in [0.1, 0.15) is 38.3 Å². The van der Waals surface area contributed by atoms with E-state index in [1.165, 1.54) is 7.11 Å². The summed E-state index contributed by atoms with van der Waals surface area (Å²) in [5, 5.41) is 13.1. The number of amides is 2. The first kappa shape index (κ1) is 21.9. The molecule has 3 heterocycles. The average molecular weight is 479 g/mol. The molecule has 36 heavy (non-hydrogen) atoms. The van der Waals surface area contributed by atoms with Crippen LogP contribution in [0.15, 0.2) is 84.0 Å². The second-order valence-corrected chi connectivity index (χ2v) is 8.85. The number of imide groups is 1. The number of para-hydroxylation sites is 2. The summed E-state index contributed by atoms with van der Waals surface area (Å²) in [5.74, 6) is -2.02. The lowest BCUT2D eigenvalue weighted by molar-refractivity contribution is -0.146. The number of ether oxygens (including phenoxy) is 1. The van der Waals surface area contributed by atoms with E-state index in [0.29, 0.717) is 22.5 Å². The van der Waals surface area contributed by atoms with Crippen LogP contribution < -0.4 is 0 Å². The number of esters is 1. The van der Waals surface area contributed by atoms with E-state index in [1.54, 1.807) is 48.7 Å². The Morgan fingerprint density at radius 2 is 1.61 bits per heavy atom. The van der Waals surface area contributed by atoms with Crippen molar-refractivity contribution in [2.24, 2.45) is 4.99 Å². The number of fused-ring (bicyclic) bond motifs is 3. The van der Waals surface area contributed by atoms with Gasteiger partial charge in [-0.15, -0.1) is 0 Å². The highest BCUT2D eigenvalue weighted by Crippen LogP contribution is 2.45. The smallest absolute Gasteiger partial charge is 0.329 e. The molecule has 0 radical (unpaired) electrons. The van der Waals surface area contributed by atoms with Crippen LogP contribution in [0, 0.1) is 0 Å². The molecule has 1 aromatic heterocycles. The van der Waals surface area contributed by atoms with Gasteiger partial charge >= 0.3 is 5.97 Å². The first-order chi connectivity index (χ1) is 17.4. The Hall–Kier alpha value is -4.56. The predicted octanol–water partition coefficient (Wildman–Crippen LogP) is 3.72. The summed E-state index contributed by atoms with van der Waals surface area (Å²) in [6.45, 7) is 0. The molecule has 6 rings (SSSR count). The van der Waals surface area contributed by atoms with Gasteiger partial charge in [0.25, 0.3) is 11.8 Å². The highest BCUT2D eigenvalue weighted by Gasteiger charge is 2.51. The van der Waals surface area contributed by atoms with Crippen molar-refractivity contribution < 1.29 is 24.2 Å². The lowest BCUT2D eigenvalue weighted by Crippen LogP contribution is -2.50. The summed E-state index contributed by atoms with van der Waals surface area (Å²) in [4.78, 5) is 48.4. The molecule has 178 valence electrons. The van der Waals surface area contributed by atoms with E-state index in [4.69, 9.17) is 9.73 Å². The van der Waals surface area contributed by atoms with Crippen LogP contribution in [0.25, 0.3) is 10.9 Å². The Kier molecular flexibility index (Phi) is 4.87. The van der Waals surface area contributed by atoms with Crippen molar-refractivity contribution in [3.8, 4) is 0 Å². The summed E-state index contributed by atoms with van der Waals surface area (Å²) in [5.41, 5.74) is 1.51. The quantitative estimate of drug-likeness (QED) is 0.335. The Morgan fingerprint density at radius 1 is 0.972 bits per heavy atom. The molecule has 8 nitrogen and oxygen atoms in total. The van der Waals surface area contributed by atoms with E-state index in [0.717, 1.165) is 15.8 Å². The van der Waals surface area contributed by atoms with Crippen molar-refractivity contribution in [3.05, 3.63) is 101 Å². The number of nitrogens with zero attached hydrogens (tertiary/aromatic N) is 2. The third-order valence-electron chi connectivity index (χ3n) is 6.92. The zero-order chi connectivity index (χ0) is 25.0.